The van der Waals surface area contributed by atoms with Crippen LogP contribution in [0.5, 0.6) is 0 Å². The summed E-state index contributed by atoms with van der Waals surface area (Å²) in [4.78, 5) is 11.1. The number of unbranched alkanes of at least 4 members (excludes halogenated alkanes) is 7. The minimum absolute atomic E-state index is 0.681. The van der Waals surface area contributed by atoms with E-state index >= 15 is 0 Å². The molecule has 0 aliphatic heterocycles. The lowest BCUT2D eigenvalue weighted by molar-refractivity contribution is -0.141. The molecule has 0 saturated heterocycles. The summed E-state index contributed by atoms with van der Waals surface area (Å²) < 4.78 is 0. The van der Waals surface area contributed by atoms with E-state index in [1.165, 1.54) is 6.42 Å². The number of carboxylic acid groups (broad SMARTS) is 1. The molecule has 0 rings (SSSR count). The molecule has 2 N–H and O–H groups in total. The summed E-state index contributed by atoms with van der Waals surface area (Å²) in [6.45, 7) is 4.25. The Balaban J connectivity index is 4.27. The molecule has 0 fully saturated rings. The van der Waals surface area contributed by atoms with E-state index in [4.69, 9.17) is 5.11 Å². The molecule has 0 aromatic rings. The van der Waals surface area contributed by atoms with Crippen LogP contribution >= 0.6 is 0 Å². The van der Waals surface area contributed by atoms with Crippen LogP contribution < -0.4 is 0 Å². The van der Waals surface area contributed by atoms with Crippen LogP contribution in [0.1, 0.15) is 71.6 Å². The van der Waals surface area contributed by atoms with Gasteiger partial charge in [0.15, 0.2) is 5.92 Å². The van der Waals surface area contributed by atoms with Gasteiger partial charge >= 0.3 is 5.97 Å². The Labute approximate surface area is 129 Å². The summed E-state index contributed by atoms with van der Waals surface area (Å²) in [7, 11) is 0. The van der Waals surface area contributed by atoms with Gasteiger partial charge < -0.3 is 10.2 Å². The number of hydrogen-bond donors (Lipinski definition) is 2. The highest BCUT2D eigenvalue weighted by atomic mass is 16.4. The maximum Gasteiger partial charge on any atom is 0.322 e. The van der Waals surface area contributed by atoms with E-state index in [9.17, 15) is 9.90 Å². The third-order valence-corrected chi connectivity index (χ3v) is 3.15. The van der Waals surface area contributed by atoms with Crippen LogP contribution in [-0.4, -0.2) is 22.3 Å². The van der Waals surface area contributed by atoms with Gasteiger partial charge in [-0.25, -0.2) is 0 Å². The maximum absolute atomic E-state index is 11.1. The Morgan fingerprint density at radius 2 is 1.43 bits per heavy atom. The van der Waals surface area contributed by atoms with Gasteiger partial charge in [0.1, 0.15) is 6.10 Å². The fourth-order valence-electron chi connectivity index (χ4n) is 1.82. The second-order valence-electron chi connectivity index (χ2n) is 5.17. The molecular weight excluding hydrogens is 264 g/mol. The van der Waals surface area contributed by atoms with Crippen molar-refractivity contribution >= 4 is 5.97 Å². The molecule has 118 valence electrons. The van der Waals surface area contributed by atoms with E-state index in [1.807, 2.05) is 0 Å². The number of aliphatic hydroxyl groups is 1. The van der Waals surface area contributed by atoms with Gasteiger partial charge in [-0.15, -0.1) is 11.8 Å². The lowest BCUT2D eigenvalue weighted by Crippen LogP contribution is -2.25. The quantitative estimate of drug-likeness (QED) is 0.504. The average molecular weight is 292 g/mol. The Hall–Kier alpha value is -1.45. The zero-order valence-electron chi connectivity index (χ0n) is 13.3. The minimum atomic E-state index is -1.20. The fourth-order valence-corrected chi connectivity index (χ4v) is 1.82. The van der Waals surface area contributed by atoms with Gasteiger partial charge in [-0.1, -0.05) is 57.8 Å². The van der Waals surface area contributed by atoms with Crippen molar-refractivity contribution in [3.05, 3.63) is 0 Å². The van der Waals surface area contributed by atoms with E-state index in [0.29, 0.717) is 12.8 Å². The van der Waals surface area contributed by atoms with Gasteiger partial charge in [-0.05, 0) is 12.8 Å². The van der Waals surface area contributed by atoms with E-state index < -0.39 is 18.0 Å². The molecule has 0 aromatic heterocycles. The summed E-state index contributed by atoms with van der Waals surface area (Å²) in [5.74, 6) is 8.75. The molecule has 0 heterocycles. The van der Waals surface area contributed by atoms with Crippen molar-refractivity contribution < 1.29 is 15.0 Å². The Bertz CT molecular complexity index is 392. The highest BCUT2D eigenvalue weighted by molar-refractivity contribution is 5.75. The first kappa shape index (κ1) is 19.6. The monoisotopic (exact) mass is 292 g/mol. The lowest BCUT2D eigenvalue weighted by Gasteiger charge is -2.07. The largest absolute Gasteiger partial charge is 0.480 e. The summed E-state index contributed by atoms with van der Waals surface area (Å²) in [5.41, 5.74) is 0. The first-order chi connectivity index (χ1) is 10.1. The standard InChI is InChI=1S/C18H28O3/c1-3-5-7-9-11-12-14-16(18(20)21)17(19)15-13-10-8-6-4-2/h16-17,19H,3-11H2,1-2H3,(H,20,21). The zero-order valence-corrected chi connectivity index (χ0v) is 13.3. The predicted molar refractivity (Wildman–Crippen MR) is 85.6 cm³/mol. The van der Waals surface area contributed by atoms with E-state index in [-0.39, 0.29) is 0 Å². The highest BCUT2D eigenvalue weighted by Gasteiger charge is 2.22. The van der Waals surface area contributed by atoms with Crippen molar-refractivity contribution in [2.45, 2.75) is 77.7 Å². The van der Waals surface area contributed by atoms with Crippen LogP contribution in [0.2, 0.25) is 0 Å². The maximum atomic E-state index is 11.1. The van der Waals surface area contributed by atoms with Crippen molar-refractivity contribution in [3.8, 4) is 23.7 Å². The highest BCUT2D eigenvalue weighted by Crippen LogP contribution is 2.05. The van der Waals surface area contributed by atoms with E-state index in [2.05, 4.69) is 37.5 Å². The molecule has 0 radical (unpaired) electrons. The molecule has 0 aliphatic rings. The summed E-state index contributed by atoms with van der Waals surface area (Å²) in [6, 6.07) is 0. The van der Waals surface area contributed by atoms with Gasteiger partial charge in [0.2, 0.25) is 0 Å². The first-order valence-electron chi connectivity index (χ1n) is 8.01. The van der Waals surface area contributed by atoms with Crippen molar-refractivity contribution in [2.75, 3.05) is 0 Å². The van der Waals surface area contributed by atoms with Gasteiger partial charge in [0.25, 0.3) is 0 Å². The molecule has 0 aromatic carbocycles. The van der Waals surface area contributed by atoms with Gasteiger partial charge in [0, 0.05) is 12.8 Å². The number of hydrogen-bond acceptors (Lipinski definition) is 2. The SMILES string of the molecule is CCCCCC#CC(O)C(C#CCCCCCC)C(=O)O. The number of aliphatic hydroxyl groups excluding tert-OH is 1. The second kappa shape index (κ2) is 13.5. The van der Waals surface area contributed by atoms with Crippen LogP contribution in [0.3, 0.4) is 0 Å². The molecular formula is C18H28O3. The smallest absolute Gasteiger partial charge is 0.322 e. The minimum Gasteiger partial charge on any atom is -0.480 e. The van der Waals surface area contributed by atoms with Gasteiger partial charge in [-0.3, -0.25) is 4.79 Å². The molecule has 2 atom stereocenters. The molecule has 0 spiro atoms. The molecule has 0 bridgehead atoms. The van der Waals surface area contributed by atoms with Gasteiger partial charge in [-0.2, -0.15) is 0 Å². The number of rotatable bonds is 9. The van der Waals surface area contributed by atoms with Crippen LogP contribution in [0.4, 0.5) is 0 Å². The molecule has 0 aliphatic carbocycles. The van der Waals surface area contributed by atoms with Crippen molar-refractivity contribution in [2.24, 2.45) is 5.92 Å². The number of carboxylic acids is 1. The van der Waals surface area contributed by atoms with Crippen LogP contribution in [0.25, 0.3) is 0 Å². The average Bonchev–Trinajstić information content (AvgIpc) is 2.45. The van der Waals surface area contributed by atoms with Gasteiger partial charge in [0.05, 0.1) is 0 Å². The zero-order chi connectivity index (χ0) is 15.9. The Morgan fingerprint density at radius 3 is 2.00 bits per heavy atom. The molecule has 0 amide bonds. The summed E-state index contributed by atoms with van der Waals surface area (Å²) >= 11 is 0. The predicted octanol–water partition coefficient (Wildman–Crippen LogP) is 3.61. The molecule has 2 unspecified atom stereocenters. The lowest BCUT2D eigenvalue weighted by atomic mass is 10.0. The summed E-state index contributed by atoms with van der Waals surface area (Å²) in [6.07, 6.45) is 7.81. The third-order valence-electron chi connectivity index (χ3n) is 3.15. The normalized spacial score (nSPS) is 12.5. The second-order valence-corrected chi connectivity index (χ2v) is 5.17. The van der Waals surface area contributed by atoms with Crippen molar-refractivity contribution in [1.29, 1.82) is 0 Å². The number of aliphatic carboxylic acids is 1. The summed E-state index contributed by atoms with van der Waals surface area (Å²) in [5, 5.41) is 18.9. The van der Waals surface area contributed by atoms with E-state index in [1.54, 1.807) is 0 Å². The molecule has 21 heavy (non-hydrogen) atoms. The Morgan fingerprint density at radius 1 is 0.905 bits per heavy atom. The fraction of sp³-hybridized carbons (Fsp3) is 0.722. The van der Waals surface area contributed by atoms with Crippen LogP contribution in [0, 0.1) is 29.6 Å². The first-order valence-corrected chi connectivity index (χ1v) is 8.01. The topological polar surface area (TPSA) is 57.5 Å². The molecule has 0 saturated carbocycles. The number of carbonyl (C=O) groups is 1. The van der Waals surface area contributed by atoms with E-state index in [0.717, 1.165) is 38.5 Å². The molecule has 3 nitrogen and oxygen atoms in total. The third kappa shape index (κ3) is 10.9. The molecule has 3 heteroatoms. The van der Waals surface area contributed by atoms with Crippen LogP contribution in [-0.2, 0) is 4.79 Å². The van der Waals surface area contributed by atoms with Crippen molar-refractivity contribution in [1.82, 2.24) is 0 Å². The van der Waals surface area contributed by atoms with Crippen molar-refractivity contribution in [3.63, 3.8) is 0 Å². The van der Waals surface area contributed by atoms with Crippen LogP contribution in [0.15, 0.2) is 0 Å². The Kier molecular flexibility index (Phi) is 12.6.